The van der Waals surface area contributed by atoms with Gasteiger partial charge < -0.3 is 13.7 Å². The summed E-state index contributed by atoms with van der Waals surface area (Å²) in [6, 6.07) is 45.0. The van der Waals surface area contributed by atoms with Crippen LogP contribution in [0.3, 0.4) is 0 Å². The summed E-state index contributed by atoms with van der Waals surface area (Å²) in [4.78, 5) is 9.93. The number of ether oxygens (including phenoxy) is 1. The maximum atomic E-state index is 6.56. The Balaban J connectivity index is 0.00000302. The molecule has 0 saturated carbocycles. The predicted molar refractivity (Wildman–Crippen MR) is 184 cm³/mol. The van der Waals surface area contributed by atoms with Crippen LogP contribution in [0.25, 0.3) is 66.2 Å². The normalized spacial score (nSPS) is 13.3. The van der Waals surface area contributed by atoms with Crippen molar-refractivity contribution in [3.63, 3.8) is 0 Å². The molecule has 4 aromatic heterocycles. The molecule has 1 aliphatic rings. The number of hydrogen-bond acceptors (Lipinski definition) is 3. The number of nitrogens with zero attached hydrogens (tertiary/aromatic N) is 4. The molecule has 1 aliphatic heterocycles. The molecule has 0 fully saturated rings. The van der Waals surface area contributed by atoms with E-state index in [4.69, 9.17) is 14.7 Å². The van der Waals surface area contributed by atoms with Crippen LogP contribution >= 0.6 is 0 Å². The molecule has 47 heavy (non-hydrogen) atoms. The number of aromatic nitrogens is 4. The van der Waals surface area contributed by atoms with Crippen molar-refractivity contribution in [3.8, 4) is 28.4 Å². The Hall–Kier alpha value is -5.28. The topological polar surface area (TPSA) is 44.4 Å². The first kappa shape index (κ1) is 28.0. The van der Waals surface area contributed by atoms with Gasteiger partial charge in [0.15, 0.2) is 0 Å². The third kappa shape index (κ3) is 3.93. The summed E-state index contributed by atoms with van der Waals surface area (Å²) in [5, 5.41) is 5.47. The van der Waals surface area contributed by atoms with Gasteiger partial charge in [-0.3, -0.25) is 4.98 Å². The average molecular weight is 697 g/mol. The maximum Gasteiger partial charge on any atom is 2.00 e. The summed E-state index contributed by atoms with van der Waals surface area (Å²) in [6.45, 7) is 4.56. The zero-order chi connectivity index (χ0) is 30.6. The van der Waals surface area contributed by atoms with Crippen LogP contribution < -0.4 is 4.74 Å². The second-order valence-corrected chi connectivity index (χ2v) is 12.5. The monoisotopic (exact) mass is 696 g/mol. The van der Waals surface area contributed by atoms with Gasteiger partial charge in [-0.2, -0.15) is 6.07 Å². The fourth-order valence-corrected chi connectivity index (χ4v) is 7.42. The second-order valence-electron chi connectivity index (χ2n) is 12.5. The van der Waals surface area contributed by atoms with E-state index in [0.717, 1.165) is 55.3 Å². The van der Waals surface area contributed by atoms with Crippen molar-refractivity contribution in [1.82, 2.24) is 18.9 Å². The van der Waals surface area contributed by atoms with E-state index in [1.807, 2.05) is 42.6 Å². The van der Waals surface area contributed by atoms with E-state index in [1.165, 1.54) is 22.0 Å². The van der Waals surface area contributed by atoms with Gasteiger partial charge in [0.1, 0.15) is 5.65 Å². The van der Waals surface area contributed by atoms with E-state index >= 15 is 0 Å². The molecule has 6 heteroatoms. The van der Waals surface area contributed by atoms with Gasteiger partial charge in [-0.15, -0.1) is 29.8 Å². The number of para-hydroxylation sites is 2. The number of fused-ring (bicyclic) bond motifs is 11. The van der Waals surface area contributed by atoms with E-state index in [9.17, 15) is 0 Å². The standard InChI is InChI=1S/C41H26N4O.Pd/c1-41(2)33-20-18-27(23-37(33)45-38-30(13-8-15-34(38)41)31-14-9-21-42-39(31)45)46-26-17-19-28-29-12-6-7-16-36(29)44-24-35(25-10-4-3-5-11-25)43-40(44)32(28)22-26;/h3-21,24H,1-2H3;/q-2;+2. The van der Waals surface area contributed by atoms with Crippen LogP contribution in [-0.4, -0.2) is 18.9 Å². The van der Waals surface area contributed by atoms with Crippen molar-refractivity contribution < 1.29 is 25.2 Å². The van der Waals surface area contributed by atoms with Gasteiger partial charge in [-0.25, -0.2) is 4.98 Å². The Morgan fingerprint density at radius 3 is 2.32 bits per heavy atom. The van der Waals surface area contributed by atoms with Crippen LogP contribution in [0.2, 0.25) is 0 Å². The minimum absolute atomic E-state index is 0. The molecule has 0 amide bonds. The molecular weight excluding hydrogens is 671 g/mol. The van der Waals surface area contributed by atoms with Gasteiger partial charge in [0.05, 0.1) is 16.9 Å². The molecule has 0 unspecified atom stereocenters. The van der Waals surface area contributed by atoms with E-state index in [2.05, 4.69) is 114 Å². The average Bonchev–Trinajstić information content (AvgIpc) is 3.69. The number of hydrogen-bond donors (Lipinski definition) is 0. The zero-order valence-electron chi connectivity index (χ0n) is 25.6. The summed E-state index contributed by atoms with van der Waals surface area (Å²) < 4.78 is 11.0. The van der Waals surface area contributed by atoms with Gasteiger partial charge in [0, 0.05) is 45.7 Å². The largest absolute Gasteiger partial charge is 2.00 e. The van der Waals surface area contributed by atoms with E-state index < -0.39 is 0 Å². The van der Waals surface area contributed by atoms with E-state index in [-0.39, 0.29) is 25.8 Å². The summed E-state index contributed by atoms with van der Waals surface area (Å²) in [5.74, 6) is 1.24. The zero-order valence-corrected chi connectivity index (χ0v) is 27.1. The Morgan fingerprint density at radius 1 is 0.660 bits per heavy atom. The molecule has 0 atom stereocenters. The first-order chi connectivity index (χ1) is 22.6. The van der Waals surface area contributed by atoms with E-state index in [0.29, 0.717) is 11.5 Å². The van der Waals surface area contributed by atoms with Crippen LogP contribution in [0.5, 0.6) is 11.5 Å². The number of imidazole rings is 1. The fourth-order valence-electron chi connectivity index (χ4n) is 7.42. The SMILES string of the molecule is CC1(C)c2ccc(Oc3[c-]c4c(cc3)c3ccccc3n3cc(-c5ccccc5)nc43)[c-]c2-n2c3ncccc3c3cccc1c32.[Pd+2]. The minimum Gasteiger partial charge on any atom is -0.503 e. The fraction of sp³-hybridized carbons (Fsp3) is 0.0732. The number of benzene rings is 5. The minimum atomic E-state index is -0.215. The Labute approximate surface area is 284 Å². The molecule has 5 heterocycles. The van der Waals surface area contributed by atoms with Crippen molar-refractivity contribution in [2.45, 2.75) is 19.3 Å². The maximum absolute atomic E-state index is 6.56. The van der Waals surface area contributed by atoms with Crippen molar-refractivity contribution >= 4 is 49.3 Å². The van der Waals surface area contributed by atoms with Gasteiger partial charge >= 0.3 is 20.4 Å². The molecular formula is C41H26N4OPd. The van der Waals surface area contributed by atoms with Crippen molar-refractivity contribution in [2.24, 2.45) is 0 Å². The molecule has 0 aliphatic carbocycles. The third-order valence-corrected chi connectivity index (χ3v) is 9.61. The first-order valence-electron chi connectivity index (χ1n) is 15.5. The van der Waals surface area contributed by atoms with Crippen molar-refractivity contribution in [1.29, 1.82) is 0 Å². The molecule has 0 radical (unpaired) electrons. The summed E-state index contributed by atoms with van der Waals surface area (Å²) >= 11 is 0. The number of rotatable bonds is 3. The van der Waals surface area contributed by atoms with Gasteiger partial charge in [-0.05, 0) is 34.6 Å². The molecule has 9 aromatic rings. The Bertz CT molecular complexity index is 2710. The van der Waals surface area contributed by atoms with Crippen molar-refractivity contribution in [3.05, 3.63) is 145 Å². The molecule has 0 N–H and O–H groups in total. The molecule has 10 rings (SSSR count). The Morgan fingerprint density at radius 2 is 1.43 bits per heavy atom. The molecule has 226 valence electrons. The molecule has 0 saturated heterocycles. The van der Waals surface area contributed by atoms with Gasteiger partial charge in [0.25, 0.3) is 0 Å². The smallest absolute Gasteiger partial charge is 0.503 e. The predicted octanol–water partition coefficient (Wildman–Crippen LogP) is 9.83. The Kier molecular flexibility index (Phi) is 6.02. The first-order valence-corrected chi connectivity index (χ1v) is 15.5. The molecule has 5 nitrogen and oxygen atoms in total. The number of pyridine rings is 2. The van der Waals surface area contributed by atoms with Crippen molar-refractivity contribution in [2.75, 3.05) is 0 Å². The third-order valence-electron chi connectivity index (χ3n) is 9.61. The van der Waals surface area contributed by atoms with E-state index in [1.54, 1.807) is 0 Å². The van der Waals surface area contributed by atoms with Crippen LogP contribution in [0.15, 0.2) is 122 Å². The van der Waals surface area contributed by atoms with Crippen LogP contribution in [0, 0.1) is 12.1 Å². The van der Waals surface area contributed by atoms with Crippen LogP contribution in [0.1, 0.15) is 25.0 Å². The molecule has 0 bridgehead atoms. The van der Waals surface area contributed by atoms with Crippen LogP contribution in [0.4, 0.5) is 0 Å². The summed E-state index contributed by atoms with van der Waals surface area (Å²) in [6.07, 6.45) is 3.97. The second kappa shape index (κ2) is 10.1. The van der Waals surface area contributed by atoms with Gasteiger partial charge in [-0.1, -0.05) is 103 Å². The quantitative estimate of drug-likeness (QED) is 0.105. The van der Waals surface area contributed by atoms with Crippen LogP contribution in [-0.2, 0) is 25.8 Å². The molecule has 0 spiro atoms. The van der Waals surface area contributed by atoms with Gasteiger partial charge in [0.2, 0.25) is 0 Å². The summed E-state index contributed by atoms with van der Waals surface area (Å²) in [7, 11) is 0. The summed E-state index contributed by atoms with van der Waals surface area (Å²) in [5.41, 5.74) is 9.27. The molecule has 5 aromatic carbocycles.